The maximum absolute atomic E-state index is 11.5. The minimum absolute atomic E-state index is 0.000204. The number of amides is 1. The van der Waals surface area contributed by atoms with Gasteiger partial charge in [0.1, 0.15) is 5.52 Å². The van der Waals surface area contributed by atoms with E-state index < -0.39 is 0 Å². The lowest BCUT2D eigenvalue weighted by molar-refractivity contribution is -0.118. The van der Waals surface area contributed by atoms with Crippen molar-refractivity contribution in [1.82, 2.24) is 10.3 Å². The summed E-state index contributed by atoms with van der Waals surface area (Å²) < 4.78 is 5.52. The van der Waals surface area contributed by atoms with Crippen molar-refractivity contribution in [2.75, 3.05) is 18.0 Å². The number of unbranched alkanes of at least 4 members (excludes halogenated alkanes) is 1. The molecule has 0 saturated heterocycles. The van der Waals surface area contributed by atoms with Gasteiger partial charge in [0.05, 0.1) is 5.75 Å². The summed E-state index contributed by atoms with van der Waals surface area (Å²) in [7, 11) is 0. The van der Waals surface area contributed by atoms with Crippen molar-refractivity contribution in [3.8, 4) is 0 Å². The topological polar surface area (TPSA) is 81.2 Å². The van der Waals surface area contributed by atoms with Crippen LogP contribution in [0.2, 0.25) is 0 Å². The number of hydrogen-bond acceptors (Lipinski definition) is 5. The summed E-state index contributed by atoms with van der Waals surface area (Å²) in [5.74, 6) is 0.312. The van der Waals surface area contributed by atoms with Crippen LogP contribution >= 0.6 is 11.8 Å². The molecule has 0 spiro atoms. The molecular weight excluding hydrogens is 262 g/mol. The summed E-state index contributed by atoms with van der Waals surface area (Å²) in [6.07, 6.45) is 2.07. The third kappa shape index (κ3) is 3.89. The Morgan fingerprint density at radius 1 is 1.53 bits per heavy atom. The number of nitrogen functional groups attached to an aromatic ring is 1. The Morgan fingerprint density at radius 3 is 3.16 bits per heavy atom. The van der Waals surface area contributed by atoms with E-state index in [0.29, 0.717) is 27.8 Å². The second-order valence-electron chi connectivity index (χ2n) is 4.20. The van der Waals surface area contributed by atoms with Gasteiger partial charge in [-0.05, 0) is 24.6 Å². The van der Waals surface area contributed by atoms with E-state index in [1.165, 1.54) is 11.8 Å². The third-order valence-corrected chi connectivity index (χ3v) is 3.40. The number of thioether (sulfide) groups is 1. The van der Waals surface area contributed by atoms with Crippen LogP contribution in [0.4, 0.5) is 5.69 Å². The molecule has 1 amide bonds. The Balaban J connectivity index is 1.89. The van der Waals surface area contributed by atoms with Gasteiger partial charge in [-0.2, -0.15) is 0 Å². The number of carbonyl (C=O) groups excluding carboxylic acids is 1. The molecule has 0 aliphatic carbocycles. The number of anilines is 1. The van der Waals surface area contributed by atoms with Gasteiger partial charge in [0, 0.05) is 12.2 Å². The molecule has 0 aliphatic heterocycles. The van der Waals surface area contributed by atoms with Crippen molar-refractivity contribution in [1.29, 1.82) is 0 Å². The SMILES string of the molecule is CCCCNC(=O)CSc1nc2cc(N)ccc2o1. The van der Waals surface area contributed by atoms with Gasteiger partial charge in [0.25, 0.3) is 5.22 Å². The standard InChI is InChI=1S/C13H17N3O2S/c1-2-3-6-15-12(17)8-19-13-16-10-7-9(14)4-5-11(10)18-13/h4-5,7H,2-3,6,8,14H2,1H3,(H,15,17). The fraction of sp³-hybridized carbons (Fsp3) is 0.385. The van der Waals surface area contributed by atoms with Crippen LogP contribution < -0.4 is 11.1 Å². The number of oxazole rings is 1. The number of fused-ring (bicyclic) bond motifs is 1. The Kier molecular flexibility index (Phi) is 4.68. The van der Waals surface area contributed by atoms with E-state index in [4.69, 9.17) is 10.2 Å². The molecular formula is C13H17N3O2S. The normalized spacial score (nSPS) is 10.8. The summed E-state index contributed by atoms with van der Waals surface area (Å²) in [6.45, 7) is 2.81. The summed E-state index contributed by atoms with van der Waals surface area (Å²) in [4.78, 5) is 15.8. The molecule has 1 aromatic heterocycles. The van der Waals surface area contributed by atoms with E-state index in [-0.39, 0.29) is 5.91 Å². The quantitative estimate of drug-likeness (QED) is 0.482. The average molecular weight is 279 g/mol. The van der Waals surface area contributed by atoms with E-state index in [1.54, 1.807) is 18.2 Å². The van der Waals surface area contributed by atoms with E-state index in [9.17, 15) is 4.79 Å². The highest BCUT2D eigenvalue weighted by Crippen LogP contribution is 2.24. The molecule has 2 aromatic rings. The maximum Gasteiger partial charge on any atom is 0.257 e. The summed E-state index contributed by atoms with van der Waals surface area (Å²) in [6, 6.07) is 5.30. The van der Waals surface area contributed by atoms with E-state index >= 15 is 0 Å². The fourth-order valence-electron chi connectivity index (χ4n) is 1.57. The second-order valence-corrected chi connectivity index (χ2v) is 5.13. The van der Waals surface area contributed by atoms with Crippen LogP contribution in [0, 0.1) is 0 Å². The maximum atomic E-state index is 11.5. The van der Waals surface area contributed by atoms with Crippen LogP contribution in [0.15, 0.2) is 27.8 Å². The van der Waals surface area contributed by atoms with Crippen LogP contribution in [0.1, 0.15) is 19.8 Å². The largest absolute Gasteiger partial charge is 0.431 e. The zero-order chi connectivity index (χ0) is 13.7. The van der Waals surface area contributed by atoms with E-state index in [0.717, 1.165) is 19.4 Å². The minimum Gasteiger partial charge on any atom is -0.431 e. The molecule has 6 heteroatoms. The molecule has 1 aromatic carbocycles. The van der Waals surface area contributed by atoms with Crippen molar-refractivity contribution < 1.29 is 9.21 Å². The van der Waals surface area contributed by atoms with E-state index in [1.807, 2.05) is 0 Å². The number of nitrogens with one attached hydrogen (secondary N) is 1. The Hall–Kier alpha value is -1.69. The summed E-state index contributed by atoms with van der Waals surface area (Å²) in [5.41, 5.74) is 7.72. The lowest BCUT2D eigenvalue weighted by Gasteiger charge is -2.01. The zero-order valence-electron chi connectivity index (χ0n) is 10.8. The van der Waals surface area contributed by atoms with E-state index in [2.05, 4.69) is 17.2 Å². The molecule has 0 aliphatic rings. The van der Waals surface area contributed by atoms with Crippen molar-refractivity contribution in [3.05, 3.63) is 18.2 Å². The fourth-order valence-corrected chi connectivity index (χ4v) is 2.24. The molecule has 0 atom stereocenters. The van der Waals surface area contributed by atoms with Crippen molar-refractivity contribution >= 4 is 34.5 Å². The third-order valence-electron chi connectivity index (χ3n) is 2.57. The van der Waals surface area contributed by atoms with Gasteiger partial charge in [0.15, 0.2) is 5.58 Å². The molecule has 102 valence electrons. The number of hydrogen-bond donors (Lipinski definition) is 2. The molecule has 5 nitrogen and oxygen atoms in total. The molecule has 0 saturated carbocycles. The van der Waals surface area contributed by atoms with Crippen LogP contribution in [0.3, 0.4) is 0 Å². The lowest BCUT2D eigenvalue weighted by Crippen LogP contribution is -2.25. The first kappa shape index (κ1) is 13.7. The number of carbonyl (C=O) groups is 1. The molecule has 19 heavy (non-hydrogen) atoms. The zero-order valence-corrected chi connectivity index (χ0v) is 11.6. The molecule has 0 fully saturated rings. The smallest absolute Gasteiger partial charge is 0.257 e. The minimum atomic E-state index is 0.000204. The number of nitrogens with two attached hydrogens (primary N) is 1. The number of nitrogens with zero attached hydrogens (tertiary/aromatic N) is 1. The average Bonchev–Trinajstić information content (AvgIpc) is 2.78. The first-order valence-electron chi connectivity index (χ1n) is 6.24. The van der Waals surface area contributed by atoms with Crippen molar-refractivity contribution in [3.63, 3.8) is 0 Å². The monoisotopic (exact) mass is 279 g/mol. The molecule has 0 radical (unpaired) electrons. The van der Waals surface area contributed by atoms with Gasteiger partial charge in [-0.3, -0.25) is 4.79 Å². The van der Waals surface area contributed by atoms with Gasteiger partial charge in [-0.1, -0.05) is 25.1 Å². The summed E-state index contributed by atoms with van der Waals surface area (Å²) >= 11 is 1.29. The number of aromatic nitrogens is 1. The highest BCUT2D eigenvalue weighted by molar-refractivity contribution is 7.99. The highest BCUT2D eigenvalue weighted by atomic mass is 32.2. The van der Waals surface area contributed by atoms with Crippen molar-refractivity contribution in [2.24, 2.45) is 0 Å². The van der Waals surface area contributed by atoms with Gasteiger partial charge >= 0.3 is 0 Å². The second kappa shape index (κ2) is 6.47. The summed E-state index contributed by atoms with van der Waals surface area (Å²) in [5, 5.41) is 3.34. The molecule has 2 rings (SSSR count). The lowest BCUT2D eigenvalue weighted by atomic mass is 10.3. The molecule has 0 bridgehead atoms. The predicted octanol–water partition coefficient (Wildman–Crippen LogP) is 2.42. The van der Waals surface area contributed by atoms with Crippen LogP contribution in [0.25, 0.3) is 11.1 Å². The molecule has 3 N–H and O–H groups in total. The highest BCUT2D eigenvalue weighted by Gasteiger charge is 2.09. The number of benzene rings is 1. The predicted molar refractivity (Wildman–Crippen MR) is 77.1 cm³/mol. The van der Waals surface area contributed by atoms with Crippen molar-refractivity contribution in [2.45, 2.75) is 25.0 Å². The molecule has 1 heterocycles. The van der Waals surface area contributed by atoms with Gasteiger partial charge in [0.2, 0.25) is 5.91 Å². The Labute approximate surface area is 115 Å². The Bertz CT molecular complexity index is 568. The van der Waals surface area contributed by atoms with Gasteiger partial charge in [-0.25, -0.2) is 4.98 Å². The number of rotatable bonds is 6. The molecule has 0 unspecified atom stereocenters. The first-order valence-corrected chi connectivity index (χ1v) is 7.23. The Morgan fingerprint density at radius 2 is 2.37 bits per heavy atom. The van der Waals surface area contributed by atoms with Crippen LogP contribution in [0.5, 0.6) is 0 Å². The first-order chi connectivity index (χ1) is 9.19. The van der Waals surface area contributed by atoms with Gasteiger partial charge in [-0.15, -0.1) is 0 Å². The van der Waals surface area contributed by atoms with Crippen LogP contribution in [-0.4, -0.2) is 23.2 Å². The van der Waals surface area contributed by atoms with Gasteiger partial charge < -0.3 is 15.5 Å². The van der Waals surface area contributed by atoms with Crippen LogP contribution in [-0.2, 0) is 4.79 Å².